The van der Waals surface area contributed by atoms with Crippen LogP contribution in [0.15, 0.2) is 24.4 Å². The zero-order valence-electron chi connectivity index (χ0n) is 14.4. The number of benzene rings is 1. The summed E-state index contributed by atoms with van der Waals surface area (Å²) in [6, 6.07) is 4.56. The Labute approximate surface area is 154 Å². The maximum atomic E-state index is 12.5. The van der Waals surface area contributed by atoms with Gasteiger partial charge in [0.1, 0.15) is 5.69 Å². The third kappa shape index (κ3) is 4.36. The third-order valence-corrected chi connectivity index (χ3v) is 5.04. The molecule has 0 unspecified atom stereocenters. The Hall–Kier alpha value is -2.52. The lowest BCUT2D eigenvalue weighted by Crippen LogP contribution is -2.40. The molecule has 1 aromatic heterocycles. The number of hydrogen-bond acceptors (Lipinski definition) is 7. The fraction of sp³-hybridized carbons (Fsp3) is 0.412. The van der Waals surface area contributed by atoms with Crippen LogP contribution in [0.3, 0.4) is 0 Å². The van der Waals surface area contributed by atoms with E-state index >= 15 is 0 Å². The highest BCUT2D eigenvalue weighted by molar-refractivity contribution is 7.11. The van der Waals surface area contributed by atoms with Gasteiger partial charge in [-0.15, -0.1) is 11.3 Å². The van der Waals surface area contributed by atoms with Gasteiger partial charge in [-0.25, -0.2) is 4.98 Å². The average molecular weight is 376 g/mol. The van der Waals surface area contributed by atoms with Crippen molar-refractivity contribution in [3.05, 3.63) is 50.0 Å². The summed E-state index contributed by atoms with van der Waals surface area (Å²) in [5.74, 6) is -0.207. The summed E-state index contributed by atoms with van der Waals surface area (Å²) in [4.78, 5) is 30.5. The van der Waals surface area contributed by atoms with Gasteiger partial charge < -0.3 is 15.0 Å². The van der Waals surface area contributed by atoms with Crippen LogP contribution in [-0.4, -0.2) is 53.6 Å². The number of carbonyl (C=O) groups is 1. The summed E-state index contributed by atoms with van der Waals surface area (Å²) < 4.78 is 5.23. The Bertz CT molecular complexity index is 802. The topological polar surface area (TPSA) is 97.6 Å². The molecular formula is C17H20N4O4S. The highest BCUT2D eigenvalue weighted by Crippen LogP contribution is 2.26. The standard InChI is InChI=1S/C17H20N4O4S/c1-12-11-19-16(26-12)4-5-18-14-3-2-13(10-15(14)21(23)24)17(22)20-6-8-25-9-7-20/h2-3,10-11,18H,4-9H2,1H3. The fourth-order valence-electron chi connectivity index (χ4n) is 2.74. The van der Waals surface area contributed by atoms with Crippen LogP contribution >= 0.6 is 11.3 Å². The number of morpholine rings is 1. The minimum atomic E-state index is -0.466. The summed E-state index contributed by atoms with van der Waals surface area (Å²) in [5, 5.41) is 15.5. The van der Waals surface area contributed by atoms with Gasteiger partial charge in [0.2, 0.25) is 0 Å². The van der Waals surface area contributed by atoms with Crippen LogP contribution < -0.4 is 5.32 Å². The number of carbonyl (C=O) groups excluding carboxylic acids is 1. The van der Waals surface area contributed by atoms with E-state index in [1.54, 1.807) is 28.4 Å². The molecule has 138 valence electrons. The number of ether oxygens (including phenoxy) is 1. The molecule has 0 radical (unpaired) electrons. The van der Waals surface area contributed by atoms with Crippen molar-refractivity contribution in [2.75, 3.05) is 38.2 Å². The van der Waals surface area contributed by atoms with Gasteiger partial charge in [-0.2, -0.15) is 0 Å². The summed E-state index contributed by atoms with van der Waals surface area (Å²) in [5.41, 5.74) is 0.626. The van der Waals surface area contributed by atoms with E-state index in [0.29, 0.717) is 50.5 Å². The second-order valence-corrected chi connectivity index (χ2v) is 7.25. The van der Waals surface area contributed by atoms with E-state index in [-0.39, 0.29) is 11.6 Å². The number of nitrogens with zero attached hydrogens (tertiary/aromatic N) is 3. The van der Waals surface area contributed by atoms with Gasteiger partial charge in [-0.1, -0.05) is 0 Å². The van der Waals surface area contributed by atoms with Gasteiger partial charge in [0.25, 0.3) is 11.6 Å². The summed E-state index contributed by atoms with van der Waals surface area (Å²) in [7, 11) is 0. The molecular weight excluding hydrogens is 356 g/mol. The predicted molar refractivity (Wildman–Crippen MR) is 98.9 cm³/mol. The third-order valence-electron chi connectivity index (χ3n) is 4.06. The second kappa shape index (κ2) is 8.24. The van der Waals surface area contributed by atoms with Crippen molar-refractivity contribution >= 4 is 28.6 Å². The van der Waals surface area contributed by atoms with Gasteiger partial charge in [-0.3, -0.25) is 14.9 Å². The van der Waals surface area contributed by atoms with Crippen LogP contribution in [0.2, 0.25) is 0 Å². The molecule has 1 fully saturated rings. The number of nitrogens with one attached hydrogen (secondary N) is 1. The van der Waals surface area contributed by atoms with Crippen LogP contribution in [-0.2, 0) is 11.2 Å². The number of anilines is 1. The van der Waals surface area contributed by atoms with Gasteiger partial charge in [0.15, 0.2) is 0 Å². The number of amides is 1. The van der Waals surface area contributed by atoms with E-state index in [4.69, 9.17) is 4.74 Å². The molecule has 2 aromatic rings. The molecule has 0 spiro atoms. The number of aromatic nitrogens is 1. The van der Waals surface area contributed by atoms with E-state index in [1.807, 2.05) is 13.1 Å². The van der Waals surface area contributed by atoms with Crippen molar-refractivity contribution in [3.63, 3.8) is 0 Å². The Morgan fingerprint density at radius 1 is 1.42 bits per heavy atom. The number of aryl methyl sites for hydroxylation is 1. The summed E-state index contributed by atoms with van der Waals surface area (Å²) >= 11 is 1.61. The lowest BCUT2D eigenvalue weighted by Gasteiger charge is -2.26. The lowest BCUT2D eigenvalue weighted by atomic mass is 10.1. The van der Waals surface area contributed by atoms with Crippen LogP contribution in [0.5, 0.6) is 0 Å². The second-order valence-electron chi connectivity index (χ2n) is 5.94. The van der Waals surface area contributed by atoms with E-state index in [9.17, 15) is 14.9 Å². The Kier molecular flexibility index (Phi) is 5.79. The minimum absolute atomic E-state index is 0.0978. The lowest BCUT2D eigenvalue weighted by molar-refractivity contribution is -0.384. The first-order chi connectivity index (χ1) is 12.5. The van der Waals surface area contributed by atoms with Gasteiger partial charge in [0, 0.05) is 48.8 Å². The van der Waals surface area contributed by atoms with Crippen molar-refractivity contribution in [1.82, 2.24) is 9.88 Å². The molecule has 1 amide bonds. The minimum Gasteiger partial charge on any atom is -0.379 e. The molecule has 1 N–H and O–H groups in total. The van der Waals surface area contributed by atoms with Crippen molar-refractivity contribution in [3.8, 4) is 0 Å². The highest BCUT2D eigenvalue weighted by Gasteiger charge is 2.22. The molecule has 1 saturated heterocycles. The Morgan fingerprint density at radius 2 is 2.19 bits per heavy atom. The van der Waals surface area contributed by atoms with E-state index in [0.717, 1.165) is 9.88 Å². The molecule has 26 heavy (non-hydrogen) atoms. The molecule has 1 aromatic carbocycles. The molecule has 0 bridgehead atoms. The summed E-state index contributed by atoms with van der Waals surface area (Å²) in [6.07, 6.45) is 2.50. The largest absolute Gasteiger partial charge is 0.379 e. The smallest absolute Gasteiger partial charge is 0.293 e. The van der Waals surface area contributed by atoms with Crippen molar-refractivity contribution in [1.29, 1.82) is 0 Å². The molecule has 2 heterocycles. The number of thiazole rings is 1. The average Bonchev–Trinajstić information content (AvgIpc) is 3.07. The molecule has 0 atom stereocenters. The van der Waals surface area contributed by atoms with E-state index < -0.39 is 4.92 Å². The normalized spacial score (nSPS) is 14.3. The predicted octanol–water partition coefficient (Wildman–Crippen LogP) is 2.49. The Morgan fingerprint density at radius 3 is 2.85 bits per heavy atom. The van der Waals surface area contributed by atoms with Crippen LogP contribution in [0.4, 0.5) is 11.4 Å². The molecule has 1 aliphatic heterocycles. The van der Waals surface area contributed by atoms with Crippen LogP contribution in [0.25, 0.3) is 0 Å². The van der Waals surface area contributed by atoms with E-state index in [1.165, 1.54) is 6.07 Å². The zero-order valence-corrected chi connectivity index (χ0v) is 15.3. The van der Waals surface area contributed by atoms with Gasteiger partial charge in [-0.05, 0) is 19.1 Å². The maximum Gasteiger partial charge on any atom is 0.293 e. The molecule has 3 rings (SSSR count). The maximum absolute atomic E-state index is 12.5. The van der Waals surface area contributed by atoms with Crippen molar-refractivity contribution in [2.45, 2.75) is 13.3 Å². The van der Waals surface area contributed by atoms with Crippen molar-refractivity contribution in [2.24, 2.45) is 0 Å². The quantitative estimate of drug-likeness (QED) is 0.614. The molecule has 0 saturated carbocycles. The van der Waals surface area contributed by atoms with Gasteiger partial charge in [0.05, 0.1) is 23.1 Å². The SMILES string of the molecule is Cc1cnc(CCNc2ccc(C(=O)N3CCOCC3)cc2[N+](=O)[O-])s1. The van der Waals surface area contributed by atoms with Crippen molar-refractivity contribution < 1.29 is 14.5 Å². The van der Waals surface area contributed by atoms with Crippen LogP contribution in [0, 0.1) is 17.0 Å². The molecule has 9 heteroatoms. The van der Waals surface area contributed by atoms with Crippen LogP contribution in [0.1, 0.15) is 20.2 Å². The molecule has 1 aliphatic rings. The van der Waals surface area contributed by atoms with E-state index in [2.05, 4.69) is 10.3 Å². The number of rotatable bonds is 6. The molecule has 0 aliphatic carbocycles. The first-order valence-electron chi connectivity index (χ1n) is 8.35. The van der Waals surface area contributed by atoms with Gasteiger partial charge >= 0.3 is 0 Å². The highest BCUT2D eigenvalue weighted by atomic mass is 32.1. The number of nitro groups is 1. The summed E-state index contributed by atoms with van der Waals surface area (Å²) in [6.45, 7) is 4.50. The first kappa shape index (κ1) is 18.3. The molecule has 8 nitrogen and oxygen atoms in total. The number of nitro benzene ring substituents is 1. The fourth-order valence-corrected chi connectivity index (χ4v) is 3.52. The number of hydrogen-bond donors (Lipinski definition) is 1. The monoisotopic (exact) mass is 376 g/mol. The zero-order chi connectivity index (χ0) is 18.5. The first-order valence-corrected chi connectivity index (χ1v) is 9.17. The Balaban J connectivity index is 1.69.